The molecule has 1 amide bonds. The molecular weight excluding hydrogens is 296 g/mol. The van der Waals surface area contributed by atoms with Gasteiger partial charge in [0.25, 0.3) is 0 Å². The predicted molar refractivity (Wildman–Crippen MR) is 73.1 cm³/mol. The molecule has 18 heavy (non-hydrogen) atoms. The van der Waals surface area contributed by atoms with Crippen molar-refractivity contribution in [1.29, 1.82) is 0 Å². The number of likely N-dealkylation sites (N-methyl/N-ethyl adjacent to an activating group) is 1. The average Bonchev–Trinajstić information content (AvgIpc) is 3.13. The van der Waals surface area contributed by atoms with E-state index in [2.05, 4.69) is 26.3 Å². The first kappa shape index (κ1) is 13.5. The largest absolute Gasteiger partial charge is 0.368 e. The van der Waals surface area contributed by atoms with E-state index in [1.165, 1.54) is 0 Å². The van der Waals surface area contributed by atoms with E-state index in [-0.39, 0.29) is 5.91 Å². The van der Waals surface area contributed by atoms with Crippen LogP contribution < -0.4 is 11.1 Å². The van der Waals surface area contributed by atoms with E-state index in [4.69, 9.17) is 5.73 Å². The Kier molecular flexibility index (Phi) is 3.51. The second-order valence-corrected chi connectivity index (χ2v) is 5.80. The lowest BCUT2D eigenvalue weighted by atomic mass is 9.92. The van der Waals surface area contributed by atoms with Crippen LogP contribution in [0.25, 0.3) is 0 Å². The van der Waals surface area contributed by atoms with Crippen molar-refractivity contribution >= 4 is 21.8 Å². The van der Waals surface area contributed by atoms with Crippen LogP contribution in [0.4, 0.5) is 0 Å². The minimum Gasteiger partial charge on any atom is -0.368 e. The van der Waals surface area contributed by atoms with E-state index in [1.54, 1.807) is 7.05 Å². The Bertz CT molecular complexity index is 481. The number of halogens is 1. The number of hydrogen-bond acceptors (Lipinski definition) is 3. The van der Waals surface area contributed by atoms with Gasteiger partial charge in [0.15, 0.2) is 0 Å². The van der Waals surface area contributed by atoms with E-state index < -0.39 is 5.54 Å². The molecule has 1 unspecified atom stereocenters. The molecule has 0 saturated heterocycles. The van der Waals surface area contributed by atoms with Crippen LogP contribution >= 0.6 is 15.9 Å². The van der Waals surface area contributed by atoms with E-state index in [0.29, 0.717) is 12.5 Å². The third kappa shape index (κ3) is 2.07. The van der Waals surface area contributed by atoms with Crippen LogP contribution in [0.5, 0.6) is 0 Å². The van der Waals surface area contributed by atoms with Crippen molar-refractivity contribution < 1.29 is 4.79 Å². The maximum absolute atomic E-state index is 11.8. The fourth-order valence-electron chi connectivity index (χ4n) is 2.46. The number of hydrogen-bond donors (Lipinski definition) is 2. The van der Waals surface area contributed by atoms with Crippen LogP contribution in [0, 0.1) is 19.8 Å². The molecule has 5 nitrogen and oxygen atoms in total. The molecule has 1 heterocycles. The molecule has 0 aromatic carbocycles. The minimum atomic E-state index is -0.678. The summed E-state index contributed by atoms with van der Waals surface area (Å²) in [4.78, 5) is 11.8. The lowest BCUT2D eigenvalue weighted by Gasteiger charge is -2.30. The van der Waals surface area contributed by atoms with Crippen LogP contribution in [-0.4, -0.2) is 28.3 Å². The Hall–Kier alpha value is -0.880. The minimum absolute atomic E-state index is 0.295. The van der Waals surface area contributed by atoms with Gasteiger partial charge in [-0.2, -0.15) is 5.10 Å². The van der Waals surface area contributed by atoms with Gasteiger partial charge in [0.1, 0.15) is 5.54 Å². The van der Waals surface area contributed by atoms with Gasteiger partial charge in [-0.3, -0.25) is 9.48 Å². The molecule has 0 aliphatic heterocycles. The molecule has 0 spiro atoms. The van der Waals surface area contributed by atoms with Gasteiger partial charge >= 0.3 is 0 Å². The molecule has 0 radical (unpaired) electrons. The van der Waals surface area contributed by atoms with Crippen molar-refractivity contribution in [3.05, 3.63) is 15.9 Å². The fourth-order valence-corrected chi connectivity index (χ4v) is 2.74. The highest BCUT2D eigenvalue weighted by Crippen LogP contribution is 2.40. The average molecular weight is 315 g/mol. The van der Waals surface area contributed by atoms with Crippen LogP contribution in [0.15, 0.2) is 4.47 Å². The molecule has 1 aromatic rings. The third-order valence-corrected chi connectivity index (χ3v) is 5.00. The number of nitrogens with two attached hydrogens (primary N) is 1. The van der Waals surface area contributed by atoms with Crippen molar-refractivity contribution in [2.45, 2.75) is 38.8 Å². The topological polar surface area (TPSA) is 72.9 Å². The van der Waals surface area contributed by atoms with Gasteiger partial charge in [-0.05, 0) is 55.6 Å². The van der Waals surface area contributed by atoms with Crippen LogP contribution in [-0.2, 0) is 11.3 Å². The first-order chi connectivity index (χ1) is 8.42. The Morgan fingerprint density at radius 2 is 2.22 bits per heavy atom. The summed E-state index contributed by atoms with van der Waals surface area (Å²) in [5.74, 6) is 0.0267. The standard InChI is InChI=1S/C12H19BrN4O/c1-7-10(13)8(2)17(16-7)6-12(15-3,11(14)18)9-4-5-9/h9,15H,4-6H2,1-3H3,(H2,14,18). The maximum Gasteiger partial charge on any atom is 0.239 e. The molecule has 3 N–H and O–H groups in total. The number of aryl methyl sites for hydroxylation is 1. The zero-order chi connectivity index (χ0) is 13.5. The van der Waals surface area contributed by atoms with Gasteiger partial charge < -0.3 is 11.1 Å². The molecule has 0 bridgehead atoms. The number of rotatable bonds is 5. The fraction of sp³-hybridized carbons (Fsp3) is 0.667. The third-order valence-electron chi connectivity index (χ3n) is 3.85. The highest BCUT2D eigenvalue weighted by Gasteiger charge is 2.49. The van der Waals surface area contributed by atoms with E-state index >= 15 is 0 Å². The van der Waals surface area contributed by atoms with E-state index in [0.717, 1.165) is 28.7 Å². The monoisotopic (exact) mass is 314 g/mol. The van der Waals surface area contributed by atoms with Crippen molar-refractivity contribution in [2.75, 3.05) is 7.05 Å². The molecule has 1 aliphatic carbocycles. The smallest absolute Gasteiger partial charge is 0.239 e. The zero-order valence-electron chi connectivity index (χ0n) is 11.0. The molecular formula is C12H19BrN4O. The molecule has 1 atom stereocenters. The first-order valence-corrected chi connectivity index (χ1v) is 6.90. The van der Waals surface area contributed by atoms with E-state index in [1.807, 2.05) is 18.5 Å². The van der Waals surface area contributed by atoms with Crippen LogP contribution in [0.1, 0.15) is 24.2 Å². The van der Waals surface area contributed by atoms with Gasteiger partial charge in [-0.25, -0.2) is 0 Å². The number of carbonyl (C=O) groups excluding carboxylic acids is 1. The van der Waals surface area contributed by atoms with Gasteiger partial charge in [0, 0.05) is 5.69 Å². The molecule has 2 rings (SSSR count). The number of nitrogens with zero attached hydrogens (tertiary/aromatic N) is 2. The SMILES string of the molecule is CNC(Cn1nc(C)c(Br)c1C)(C(N)=O)C1CC1. The number of aromatic nitrogens is 2. The maximum atomic E-state index is 11.8. The second kappa shape index (κ2) is 4.66. The zero-order valence-corrected chi connectivity index (χ0v) is 12.5. The number of nitrogens with one attached hydrogen (secondary N) is 1. The summed E-state index contributed by atoms with van der Waals surface area (Å²) in [6, 6.07) is 0. The number of amides is 1. The number of carbonyl (C=O) groups is 1. The summed E-state index contributed by atoms with van der Waals surface area (Å²) in [5.41, 5.74) is 6.88. The molecule has 1 aromatic heterocycles. The summed E-state index contributed by atoms with van der Waals surface area (Å²) in [6.45, 7) is 4.41. The summed E-state index contributed by atoms with van der Waals surface area (Å²) in [5, 5.41) is 7.59. The van der Waals surface area contributed by atoms with Gasteiger partial charge in [-0.15, -0.1) is 0 Å². The Balaban J connectivity index is 2.34. The summed E-state index contributed by atoms with van der Waals surface area (Å²) in [6.07, 6.45) is 2.09. The molecule has 100 valence electrons. The van der Waals surface area contributed by atoms with Gasteiger partial charge in [-0.1, -0.05) is 0 Å². The van der Waals surface area contributed by atoms with Crippen LogP contribution in [0.3, 0.4) is 0 Å². The van der Waals surface area contributed by atoms with Crippen molar-refractivity contribution in [3.8, 4) is 0 Å². The highest BCUT2D eigenvalue weighted by molar-refractivity contribution is 9.10. The second-order valence-electron chi connectivity index (χ2n) is 5.00. The van der Waals surface area contributed by atoms with Crippen molar-refractivity contribution in [2.24, 2.45) is 11.7 Å². The van der Waals surface area contributed by atoms with Gasteiger partial charge in [0.05, 0.1) is 16.7 Å². The summed E-state index contributed by atoms with van der Waals surface area (Å²) in [7, 11) is 1.80. The molecule has 1 aliphatic rings. The quantitative estimate of drug-likeness (QED) is 0.855. The lowest BCUT2D eigenvalue weighted by Crippen LogP contribution is -2.58. The van der Waals surface area contributed by atoms with E-state index in [9.17, 15) is 4.79 Å². The van der Waals surface area contributed by atoms with Crippen molar-refractivity contribution in [3.63, 3.8) is 0 Å². The Morgan fingerprint density at radius 3 is 2.56 bits per heavy atom. The predicted octanol–water partition coefficient (Wildman–Crippen LogP) is 1.12. The first-order valence-electron chi connectivity index (χ1n) is 6.10. The summed E-state index contributed by atoms with van der Waals surface area (Å²) < 4.78 is 2.85. The Labute approximate surface area is 115 Å². The lowest BCUT2D eigenvalue weighted by molar-refractivity contribution is -0.125. The number of primary amides is 1. The Morgan fingerprint density at radius 1 is 1.61 bits per heavy atom. The highest BCUT2D eigenvalue weighted by atomic mass is 79.9. The van der Waals surface area contributed by atoms with Crippen molar-refractivity contribution in [1.82, 2.24) is 15.1 Å². The summed E-state index contributed by atoms with van der Waals surface area (Å²) >= 11 is 3.50. The van der Waals surface area contributed by atoms with Crippen LogP contribution in [0.2, 0.25) is 0 Å². The normalized spacial score (nSPS) is 18.7. The van der Waals surface area contributed by atoms with Gasteiger partial charge in [0.2, 0.25) is 5.91 Å². The molecule has 6 heteroatoms. The molecule has 1 saturated carbocycles. The molecule has 1 fully saturated rings.